The van der Waals surface area contributed by atoms with Crippen LogP contribution in [0.1, 0.15) is 37.0 Å². The number of nitrogens with one attached hydrogen (secondary N) is 1. The normalized spacial score (nSPS) is 18.0. The zero-order valence-corrected chi connectivity index (χ0v) is 13.6. The van der Waals surface area contributed by atoms with Crippen LogP contribution in [-0.4, -0.2) is 35.3 Å². The maximum Gasteiger partial charge on any atom is 0.254 e. The molecular formula is C15H18BrFN2O2. The molecule has 0 bridgehead atoms. The van der Waals surface area contributed by atoms with Gasteiger partial charge in [-0.15, -0.1) is 0 Å². The number of hydrogen-bond donors (Lipinski definition) is 1. The first-order valence-corrected chi connectivity index (χ1v) is 7.73. The second-order valence-corrected chi connectivity index (χ2v) is 6.34. The zero-order valence-electron chi connectivity index (χ0n) is 12.0. The third-order valence-electron chi connectivity index (χ3n) is 3.55. The highest BCUT2D eigenvalue weighted by Gasteiger charge is 2.27. The number of rotatable bonds is 4. The standard InChI is InChI=1S/C15H18BrFN2O2/c1-9(2)19(8-11-4-6-14(20)18-11)15(21)10-3-5-12(16)13(17)7-10/h3,5,7,9,11H,4,6,8H2,1-2H3,(H,18,20). The van der Waals surface area contributed by atoms with Crippen LogP contribution in [-0.2, 0) is 4.79 Å². The molecule has 0 radical (unpaired) electrons. The molecule has 1 atom stereocenters. The molecule has 2 rings (SSSR count). The van der Waals surface area contributed by atoms with Crippen molar-refractivity contribution in [2.45, 2.75) is 38.8 Å². The zero-order chi connectivity index (χ0) is 15.6. The van der Waals surface area contributed by atoms with Crippen molar-refractivity contribution in [3.8, 4) is 0 Å². The summed E-state index contributed by atoms with van der Waals surface area (Å²) in [4.78, 5) is 25.5. The first-order chi connectivity index (χ1) is 9.88. The number of halogens is 2. The predicted octanol–water partition coefficient (Wildman–Crippen LogP) is 2.72. The maximum atomic E-state index is 13.6. The number of amides is 2. The quantitative estimate of drug-likeness (QED) is 0.901. The molecule has 0 spiro atoms. The van der Waals surface area contributed by atoms with Gasteiger partial charge in [-0.2, -0.15) is 0 Å². The van der Waals surface area contributed by atoms with Crippen molar-refractivity contribution in [1.82, 2.24) is 10.2 Å². The number of benzene rings is 1. The third kappa shape index (κ3) is 3.81. The van der Waals surface area contributed by atoms with Crippen molar-refractivity contribution in [3.63, 3.8) is 0 Å². The molecule has 2 amide bonds. The van der Waals surface area contributed by atoms with Crippen LogP contribution in [0.4, 0.5) is 4.39 Å². The fourth-order valence-corrected chi connectivity index (χ4v) is 2.62. The maximum absolute atomic E-state index is 13.6. The lowest BCUT2D eigenvalue weighted by Gasteiger charge is -2.29. The fraction of sp³-hybridized carbons (Fsp3) is 0.467. The molecule has 1 saturated heterocycles. The van der Waals surface area contributed by atoms with Crippen LogP contribution in [0.3, 0.4) is 0 Å². The molecule has 21 heavy (non-hydrogen) atoms. The second-order valence-electron chi connectivity index (χ2n) is 5.48. The molecule has 4 nitrogen and oxygen atoms in total. The topological polar surface area (TPSA) is 49.4 Å². The largest absolute Gasteiger partial charge is 0.352 e. The van der Waals surface area contributed by atoms with E-state index in [1.807, 2.05) is 13.8 Å². The number of carbonyl (C=O) groups excluding carboxylic acids is 2. The molecule has 1 aromatic carbocycles. The SMILES string of the molecule is CC(C)N(CC1CCC(=O)N1)C(=O)c1ccc(Br)c(F)c1. The van der Waals surface area contributed by atoms with Gasteiger partial charge >= 0.3 is 0 Å². The van der Waals surface area contributed by atoms with E-state index in [-0.39, 0.29) is 23.9 Å². The molecule has 1 N–H and O–H groups in total. The van der Waals surface area contributed by atoms with Gasteiger partial charge in [0.2, 0.25) is 5.91 Å². The van der Waals surface area contributed by atoms with E-state index in [0.29, 0.717) is 23.0 Å². The third-order valence-corrected chi connectivity index (χ3v) is 4.20. The van der Waals surface area contributed by atoms with Crippen LogP contribution >= 0.6 is 15.9 Å². The van der Waals surface area contributed by atoms with Gasteiger partial charge in [0.25, 0.3) is 5.91 Å². The van der Waals surface area contributed by atoms with Gasteiger partial charge in [-0.25, -0.2) is 4.39 Å². The van der Waals surface area contributed by atoms with Crippen LogP contribution in [0.25, 0.3) is 0 Å². The summed E-state index contributed by atoms with van der Waals surface area (Å²) in [5, 5.41) is 2.85. The van der Waals surface area contributed by atoms with Crippen LogP contribution in [0, 0.1) is 5.82 Å². The highest BCUT2D eigenvalue weighted by atomic mass is 79.9. The van der Waals surface area contributed by atoms with Gasteiger partial charge in [-0.1, -0.05) is 0 Å². The highest BCUT2D eigenvalue weighted by Crippen LogP contribution is 2.19. The number of hydrogen-bond acceptors (Lipinski definition) is 2. The summed E-state index contributed by atoms with van der Waals surface area (Å²) in [7, 11) is 0. The van der Waals surface area contributed by atoms with Gasteiger partial charge in [0.15, 0.2) is 0 Å². The lowest BCUT2D eigenvalue weighted by molar-refractivity contribution is -0.119. The van der Waals surface area contributed by atoms with E-state index in [1.165, 1.54) is 12.1 Å². The van der Waals surface area contributed by atoms with Gasteiger partial charge in [-0.05, 0) is 54.4 Å². The molecule has 1 fully saturated rings. The van der Waals surface area contributed by atoms with Crippen molar-refractivity contribution in [1.29, 1.82) is 0 Å². The van der Waals surface area contributed by atoms with Crippen molar-refractivity contribution < 1.29 is 14.0 Å². The number of carbonyl (C=O) groups is 2. The fourth-order valence-electron chi connectivity index (χ4n) is 2.37. The molecule has 1 aliphatic rings. The monoisotopic (exact) mass is 356 g/mol. The van der Waals surface area contributed by atoms with Crippen molar-refractivity contribution in [2.24, 2.45) is 0 Å². The van der Waals surface area contributed by atoms with Crippen LogP contribution < -0.4 is 5.32 Å². The summed E-state index contributed by atoms with van der Waals surface area (Å²) in [6.45, 7) is 4.26. The first-order valence-electron chi connectivity index (χ1n) is 6.94. The molecule has 0 aliphatic carbocycles. The molecule has 1 unspecified atom stereocenters. The molecular weight excluding hydrogens is 339 g/mol. The van der Waals surface area contributed by atoms with E-state index in [2.05, 4.69) is 21.2 Å². The Morgan fingerprint density at radius 3 is 2.76 bits per heavy atom. The van der Waals surface area contributed by atoms with E-state index < -0.39 is 5.82 Å². The average Bonchev–Trinajstić information content (AvgIpc) is 2.83. The van der Waals surface area contributed by atoms with Gasteiger partial charge in [-0.3, -0.25) is 9.59 Å². The van der Waals surface area contributed by atoms with Gasteiger partial charge < -0.3 is 10.2 Å². The van der Waals surface area contributed by atoms with Crippen molar-refractivity contribution >= 4 is 27.7 Å². The van der Waals surface area contributed by atoms with Crippen LogP contribution in [0.5, 0.6) is 0 Å². The summed E-state index contributed by atoms with van der Waals surface area (Å²) >= 11 is 3.07. The minimum absolute atomic E-state index is 0.0193. The molecule has 114 valence electrons. The molecule has 0 aromatic heterocycles. The van der Waals surface area contributed by atoms with Gasteiger partial charge in [0, 0.05) is 30.6 Å². The molecule has 1 heterocycles. The summed E-state index contributed by atoms with van der Waals surface area (Å²) in [6, 6.07) is 4.30. The minimum Gasteiger partial charge on any atom is -0.352 e. The summed E-state index contributed by atoms with van der Waals surface area (Å²) in [6.07, 6.45) is 1.22. The van der Waals surface area contributed by atoms with E-state index >= 15 is 0 Å². The van der Waals surface area contributed by atoms with Crippen LogP contribution in [0.15, 0.2) is 22.7 Å². The highest BCUT2D eigenvalue weighted by molar-refractivity contribution is 9.10. The average molecular weight is 357 g/mol. The van der Waals surface area contributed by atoms with E-state index in [0.717, 1.165) is 6.42 Å². The van der Waals surface area contributed by atoms with Gasteiger partial charge in [0.1, 0.15) is 5.82 Å². The summed E-state index contributed by atoms with van der Waals surface area (Å²) in [5.74, 6) is -0.665. The molecule has 6 heteroatoms. The van der Waals surface area contributed by atoms with Crippen molar-refractivity contribution in [2.75, 3.05) is 6.54 Å². The lowest BCUT2D eigenvalue weighted by Crippen LogP contribution is -2.45. The molecule has 1 aromatic rings. The van der Waals surface area contributed by atoms with Crippen molar-refractivity contribution in [3.05, 3.63) is 34.1 Å². The van der Waals surface area contributed by atoms with E-state index in [1.54, 1.807) is 11.0 Å². The lowest BCUT2D eigenvalue weighted by atomic mass is 10.1. The Kier molecular flexibility index (Phi) is 4.98. The first kappa shape index (κ1) is 15.9. The Balaban J connectivity index is 2.15. The Hall–Kier alpha value is -1.43. The summed E-state index contributed by atoms with van der Waals surface area (Å²) in [5.41, 5.74) is 0.314. The molecule has 1 aliphatic heterocycles. The number of nitrogens with zero attached hydrogens (tertiary/aromatic N) is 1. The smallest absolute Gasteiger partial charge is 0.254 e. The van der Waals surface area contributed by atoms with Gasteiger partial charge in [0.05, 0.1) is 4.47 Å². The Morgan fingerprint density at radius 2 is 2.24 bits per heavy atom. The predicted molar refractivity (Wildman–Crippen MR) is 81.4 cm³/mol. The van der Waals surface area contributed by atoms with E-state index in [4.69, 9.17) is 0 Å². The molecule has 0 saturated carbocycles. The second kappa shape index (κ2) is 6.56. The Labute approximate surface area is 131 Å². The minimum atomic E-state index is -0.460. The van der Waals surface area contributed by atoms with E-state index in [9.17, 15) is 14.0 Å². The Bertz CT molecular complexity index is 563. The van der Waals surface area contributed by atoms with Crippen LogP contribution in [0.2, 0.25) is 0 Å². The summed E-state index contributed by atoms with van der Waals surface area (Å²) < 4.78 is 13.9. The Morgan fingerprint density at radius 1 is 1.52 bits per heavy atom.